The standard InChI is InChI=1S/C9H11NO5/c1-4-14-9(12)7-6(8(11)13-3)5(2)15-10-7/h4H2,1-3H3. The van der Waals surface area contributed by atoms with Crippen LogP contribution >= 0.6 is 0 Å². The number of aryl methyl sites for hydroxylation is 1. The number of ether oxygens (including phenoxy) is 2. The van der Waals surface area contributed by atoms with Gasteiger partial charge in [0.05, 0.1) is 13.7 Å². The van der Waals surface area contributed by atoms with Crippen molar-refractivity contribution in [2.45, 2.75) is 13.8 Å². The van der Waals surface area contributed by atoms with Crippen LogP contribution in [0.15, 0.2) is 4.52 Å². The molecular formula is C9H11NO5. The summed E-state index contributed by atoms with van der Waals surface area (Å²) in [4.78, 5) is 22.6. The number of methoxy groups -OCH3 is 1. The van der Waals surface area contributed by atoms with E-state index in [4.69, 9.17) is 9.26 Å². The van der Waals surface area contributed by atoms with Crippen molar-refractivity contribution >= 4 is 11.9 Å². The lowest BCUT2D eigenvalue weighted by Gasteiger charge is -2.00. The minimum Gasteiger partial charge on any atom is -0.465 e. The maximum atomic E-state index is 11.3. The first-order valence-corrected chi connectivity index (χ1v) is 4.33. The molecule has 0 fully saturated rings. The Labute approximate surface area is 86.1 Å². The predicted molar refractivity (Wildman–Crippen MR) is 48.5 cm³/mol. The molecule has 1 rings (SSSR count). The third-order valence-electron chi connectivity index (χ3n) is 1.72. The van der Waals surface area contributed by atoms with Crippen molar-refractivity contribution in [3.63, 3.8) is 0 Å². The van der Waals surface area contributed by atoms with E-state index in [9.17, 15) is 9.59 Å². The summed E-state index contributed by atoms with van der Waals surface area (Å²) in [7, 11) is 1.21. The second-order valence-electron chi connectivity index (χ2n) is 2.67. The first kappa shape index (κ1) is 11.2. The molecule has 0 aliphatic carbocycles. The van der Waals surface area contributed by atoms with Gasteiger partial charge in [0.1, 0.15) is 11.3 Å². The molecule has 0 unspecified atom stereocenters. The minimum atomic E-state index is -0.699. The lowest BCUT2D eigenvalue weighted by molar-refractivity contribution is 0.0495. The fourth-order valence-electron chi connectivity index (χ4n) is 1.05. The molecule has 15 heavy (non-hydrogen) atoms. The zero-order chi connectivity index (χ0) is 11.4. The first-order valence-electron chi connectivity index (χ1n) is 4.33. The molecule has 0 spiro atoms. The highest BCUT2D eigenvalue weighted by molar-refractivity contribution is 6.02. The number of aromatic nitrogens is 1. The topological polar surface area (TPSA) is 78.6 Å². The highest BCUT2D eigenvalue weighted by Gasteiger charge is 2.26. The summed E-state index contributed by atoms with van der Waals surface area (Å²) in [5.74, 6) is -1.14. The Morgan fingerprint density at radius 2 is 2.07 bits per heavy atom. The summed E-state index contributed by atoms with van der Waals surface area (Å²) in [5.41, 5.74) is -0.142. The van der Waals surface area contributed by atoms with Gasteiger partial charge in [0, 0.05) is 0 Å². The van der Waals surface area contributed by atoms with Crippen LogP contribution in [0.2, 0.25) is 0 Å². The van der Waals surface area contributed by atoms with Gasteiger partial charge in [-0.05, 0) is 13.8 Å². The molecule has 0 bridgehead atoms. The van der Waals surface area contributed by atoms with E-state index in [1.54, 1.807) is 6.92 Å². The monoisotopic (exact) mass is 213 g/mol. The number of rotatable bonds is 3. The quantitative estimate of drug-likeness (QED) is 0.695. The fourth-order valence-corrected chi connectivity index (χ4v) is 1.05. The second kappa shape index (κ2) is 4.59. The summed E-state index contributed by atoms with van der Waals surface area (Å²) in [5, 5.41) is 3.45. The largest absolute Gasteiger partial charge is 0.465 e. The van der Waals surface area contributed by atoms with E-state index >= 15 is 0 Å². The van der Waals surface area contributed by atoms with Gasteiger partial charge in [0.25, 0.3) is 0 Å². The predicted octanol–water partition coefficient (Wildman–Crippen LogP) is 0.946. The van der Waals surface area contributed by atoms with Gasteiger partial charge in [-0.3, -0.25) is 0 Å². The average molecular weight is 213 g/mol. The lowest BCUT2D eigenvalue weighted by atomic mass is 10.2. The SMILES string of the molecule is CCOC(=O)c1noc(C)c1C(=O)OC. The van der Waals surface area contributed by atoms with Gasteiger partial charge in [-0.1, -0.05) is 5.16 Å². The highest BCUT2D eigenvalue weighted by atomic mass is 16.5. The van der Waals surface area contributed by atoms with Crippen molar-refractivity contribution in [2.75, 3.05) is 13.7 Å². The molecule has 0 N–H and O–H groups in total. The molecule has 6 heteroatoms. The van der Waals surface area contributed by atoms with Gasteiger partial charge in [-0.25, -0.2) is 9.59 Å². The third kappa shape index (κ3) is 2.15. The van der Waals surface area contributed by atoms with Crippen molar-refractivity contribution in [1.82, 2.24) is 5.16 Å². The normalized spacial score (nSPS) is 9.80. The van der Waals surface area contributed by atoms with Gasteiger partial charge in [-0.15, -0.1) is 0 Å². The summed E-state index contributed by atoms with van der Waals surface area (Å²) in [6.45, 7) is 3.37. The Balaban J connectivity index is 3.08. The molecule has 1 aromatic heterocycles. The van der Waals surface area contributed by atoms with E-state index in [-0.39, 0.29) is 23.6 Å². The summed E-state index contributed by atoms with van der Waals surface area (Å²) in [6, 6.07) is 0. The van der Waals surface area contributed by atoms with Gasteiger partial charge < -0.3 is 14.0 Å². The molecule has 6 nitrogen and oxygen atoms in total. The van der Waals surface area contributed by atoms with Crippen molar-refractivity contribution < 1.29 is 23.6 Å². The molecule has 0 aliphatic rings. The van der Waals surface area contributed by atoms with E-state index in [0.717, 1.165) is 0 Å². The molecule has 0 saturated carbocycles. The first-order chi connectivity index (χ1) is 7.11. The van der Waals surface area contributed by atoms with Crippen molar-refractivity contribution in [3.05, 3.63) is 17.0 Å². The van der Waals surface area contributed by atoms with Gasteiger partial charge in [0.15, 0.2) is 0 Å². The Bertz CT molecular complexity index is 382. The van der Waals surface area contributed by atoms with E-state index in [1.807, 2.05) is 0 Å². The smallest absolute Gasteiger partial charge is 0.361 e. The molecule has 0 aromatic carbocycles. The summed E-state index contributed by atoms with van der Waals surface area (Å²) >= 11 is 0. The molecule has 82 valence electrons. The fraction of sp³-hybridized carbons (Fsp3) is 0.444. The Morgan fingerprint density at radius 3 is 2.60 bits per heavy atom. The van der Waals surface area contributed by atoms with Crippen molar-refractivity contribution in [2.24, 2.45) is 0 Å². The van der Waals surface area contributed by atoms with Crippen LogP contribution in [0.5, 0.6) is 0 Å². The van der Waals surface area contributed by atoms with Crippen molar-refractivity contribution in [3.8, 4) is 0 Å². The maximum Gasteiger partial charge on any atom is 0.361 e. The molecule has 1 aromatic rings. The van der Waals surface area contributed by atoms with Crippen LogP contribution in [0.3, 0.4) is 0 Å². The van der Waals surface area contributed by atoms with Crippen LogP contribution in [0.25, 0.3) is 0 Å². The molecule has 1 heterocycles. The van der Waals surface area contributed by atoms with E-state index < -0.39 is 11.9 Å². The van der Waals surface area contributed by atoms with E-state index in [2.05, 4.69) is 9.89 Å². The van der Waals surface area contributed by atoms with Gasteiger partial charge in [-0.2, -0.15) is 0 Å². The molecule has 0 aliphatic heterocycles. The highest BCUT2D eigenvalue weighted by Crippen LogP contribution is 2.15. The van der Waals surface area contributed by atoms with E-state index in [0.29, 0.717) is 0 Å². The number of hydrogen-bond acceptors (Lipinski definition) is 6. The molecular weight excluding hydrogens is 202 g/mol. The van der Waals surface area contributed by atoms with Crippen LogP contribution in [-0.2, 0) is 9.47 Å². The van der Waals surface area contributed by atoms with E-state index in [1.165, 1.54) is 14.0 Å². The molecule has 0 atom stereocenters. The number of hydrogen-bond donors (Lipinski definition) is 0. The van der Waals surface area contributed by atoms with Gasteiger partial charge >= 0.3 is 11.9 Å². The Kier molecular flexibility index (Phi) is 3.43. The molecule has 0 saturated heterocycles. The number of carbonyl (C=O) groups is 2. The second-order valence-corrected chi connectivity index (χ2v) is 2.67. The summed E-state index contributed by atoms with van der Waals surface area (Å²) in [6.07, 6.45) is 0. The zero-order valence-electron chi connectivity index (χ0n) is 8.70. The molecule has 0 radical (unpaired) electrons. The van der Waals surface area contributed by atoms with Crippen LogP contribution in [0, 0.1) is 6.92 Å². The van der Waals surface area contributed by atoms with Crippen molar-refractivity contribution in [1.29, 1.82) is 0 Å². The third-order valence-corrected chi connectivity index (χ3v) is 1.72. The lowest BCUT2D eigenvalue weighted by Crippen LogP contribution is -2.12. The van der Waals surface area contributed by atoms with Crippen LogP contribution in [-0.4, -0.2) is 30.8 Å². The number of carbonyl (C=O) groups excluding carboxylic acids is 2. The zero-order valence-corrected chi connectivity index (χ0v) is 8.70. The number of nitrogens with zero attached hydrogens (tertiary/aromatic N) is 1. The van der Waals surface area contributed by atoms with Gasteiger partial charge in [0.2, 0.25) is 5.69 Å². The average Bonchev–Trinajstić information content (AvgIpc) is 2.59. The van der Waals surface area contributed by atoms with Crippen LogP contribution in [0.4, 0.5) is 0 Å². The van der Waals surface area contributed by atoms with Crippen LogP contribution in [0.1, 0.15) is 33.5 Å². The van der Waals surface area contributed by atoms with Crippen LogP contribution < -0.4 is 0 Å². The molecule has 0 amide bonds. The Hall–Kier alpha value is -1.85. The Morgan fingerprint density at radius 1 is 1.40 bits per heavy atom. The maximum absolute atomic E-state index is 11.3. The number of esters is 2. The summed E-state index contributed by atoms with van der Waals surface area (Å²) < 4.78 is 13.9. The minimum absolute atomic E-state index is 0.0101.